The number of aromatic nitrogens is 5. The number of hydrogen-bond donors (Lipinski definition) is 0. The predicted molar refractivity (Wildman–Crippen MR) is 146 cm³/mol. The Morgan fingerprint density at radius 2 is 1.58 bits per heavy atom. The van der Waals surface area contributed by atoms with Crippen LogP contribution in [0, 0.1) is 13.8 Å². The number of nitrogens with zero attached hydrogens (tertiary/aromatic N) is 5. The first-order valence-electron chi connectivity index (χ1n) is 12.7. The molecule has 0 atom stereocenters. The van der Waals surface area contributed by atoms with Crippen LogP contribution in [0.5, 0.6) is 11.5 Å². The van der Waals surface area contributed by atoms with Gasteiger partial charge >= 0.3 is 0 Å². The topological polar surface area (TPSA) is 84.1 Å². The van der Waals surface area contributed by atoms with Gasteiger partial charge in [0.05, 0.1) is 17.6 Å². The largest absolute Gasteiger partial charge is 0.454 e. The van der Waals surface area contributed by atoms with Crippen LogP contribution in [0.2, 0.25) is 0 Å². The van der Waals surface area contributed by atoms with Crippen LogP contribution in [0.15, 0.2) is 65.5 Å². The summed E-state index contributed by atoms with van der Waals surface area (Å²) in [6, 6.07) is 19.8. The normalized spacial score (nSPS) is 12.7. The summed E-state index contributed by atoms with van der Waals surface area (Å²) in [5.74, 6) is 2.09. The molecule has 0 saturated carbocycles. The summed E-state index contributed by atoms with van der Waals surface area (Å²) in [4.78, 5) is 29.3. The third-order valence-corrected chi connectivity index (χ3v) is 7.00. The SMILES string of the molecule is CCc1nc2c(c(=O)n1Cc1ccc3c(c1)OCO3)c1nc3ccccc3nc1n2-c1cc(C)cc(C)c1. The van der Waals surface area contributed by atoms with Crippen LogP contribution in [0.3, 0.4) is 0 Å². The number of rotatable bonds is 4. The van der Waals surface area contributed by atoms with Crippen molar-refractivity contribution in [3.8, 4) is 17.2 Å². The molecule has 38 heavy (non-hydrogen) atoms. The van der Waals surface area contributed by atoms with Crippen molar-refractivity contribution in [1.29, 1.82) is 0 Å². The molecule has 1 aliphatic rings. The summed E-state index contributed by atoms with van der Waals surface area (Å²) in [6.07, 6.45) is 0.590. The lowest BCUT2D eigenvalue weighted by Gasteiger charge is -2.13. The molecule has 0 amide bonds. The van der Waals surface area contributed by atoms with Gasteiger partial charge in [-0.3, -0.25) is 13.9 Å². The molecule has 8 heteroatoms. The minimum Gasteiger partial charge on any atom is -0.454 e. The maximum atomic E-state index is 14.3. The van der Waals surface area contributed by atoms with E-state index in [1.54, 1.807) is 4.57 Å². The fourth-order valence-electron chi connectivity index (χ4n) is 5.35. The zero-order valence-corrected chi connectivity index (χ0v) is 21.4. The van der Waals surface area contributed by atoms with Gasteiger partial charge in [0.25, 0.3) is 5.56 Å². The second-order valence-electron chi connectivity index (χ2n) is 9.72. The number of ether oxygens (including phenoxy) is 2. The van der Waals surface area contributed by atoms with E-state index in [1.807, 2.05) is 54.0 Å². The van der Waals surface area contributed by atoms with Crippen molar-refractivity contribution in [2.75, 3.05) is 6.79 Å². The van der Waals surface area contributed by atoms with E-state index < -0.39 is 0 Å². The minimum atomic E-state index is -0.137. The average molecular weight is 504 g/mol. The van der Waals surface area contributed by atoms with Crippen LogP contribution < -0.4 is 15.0 Å². The molecular weight excluding hydrogens is 478 g/mol. The van der Waals surface area contributed by atoms with Gasteiger partial charge in [-0.15, -0.1) is 0 Å². The van der Waals surface area contributed by atoms with E-state index in [-0.39, 0.29) is 12.4 Å². The van der Waals surface area contributed by atoms with Crippen molar-refractivity contribution in [3.63, 3.8) is 0 Å². The van der Waals surface area contributed by atoms with Crippen molar-refractivity contribution in [3.05, 3.63) is 93.5 Å². The molecule has 8 nitrogen and oxygen atoms in total. The standard InChI is InChI=1S/C30H25N5O3/c1-4-25-33-28-26(30(36)34(25)15-19-9-10-23-24(14-19)38-16-37-23)27-29(32-22-8-6-5-7-21(22)31-27)35(28)20-12-17(2)11-18(3)13-20/h5-14H,4,15-16H2,1-3H3. The Morgan fingerprint density at radius 3 is 2.34 bits per heavy atom. The number of aryl methyl sites for hydroxylation is 3. The molecule has 0 N–H and O–H groups in total. The van der Waals surface area contributed by atoms with Crippen molar-refractivity contribution in [1.82, 2.24) is 24.1 Å². The van der Waals surface area contributed by atoms with E-state index in [0.29, 0.717) is 52.5 Å². The fourth-order valence-corrected chi connectivity index (χ4v) is 5.35. The molecule has 3 aromatic carbocycles. The number of benzene rings is 3. The molecule has 0 aliphatic carbocycles. The highest BCUT2D eigenvalue weighted by Crippen LogP contribution is 2.33. The minimum absolute atomic E-state index is 0.137. The van der Waals surface area contributed by atoms with Crippen LogP contribution in [0.1, 0.15) is 29.4 Å². The van der Waals surface area contributed by atoms with Crippen molar-refractivity contribution in [2.45, 2.75) is 33.7 Å². The molecule has 1 aliphatic heterocycles. The van der Waals surface area contributed by atoms with E-state index in [4.69, 9.17) is 24.4 Å². The van der Waals surface area contributed by atoms with Crippen molar-refractivity contribution in [2.24, 2.45) is 0 Å². The molecule has 0 fully saturated rings. The lowest BCUT2D eigenvalue weighted by Crippen LogP contribution is -2.26. The second-order valence-corrected chi connectivity index (χ2v) is 9.72. The Morgan fingerprint density at radius 1 is 0.842 bits per heavy atom. The molecule has 6 aromatic rings. The maximum Gasteiger partial charge on any atom is 0.265 e. The fraction of sp³-hybridized carbons (Fsp3) is 0.200. The first-order valence-corrected chi connectivity index (χ1v) is 12.7. The summed E-state index contributed by atoms with van der Waals surface area (Å²) in [6.45, 7) is 6.71. The Balaban J connectivity index is 1.55. The van der Waals surface area contributed by atoms with Gasteiger partial charge in [-0.25, -0.2) is 15.0 Å². The van der Waals surface area contributed by atoms with Gasteiger partial charge in [0.2, 0.25) is 6.79 Å². The molecule has 4 heterocycles. The zero-order valence-electron chi connectivity index (χ0n) is 21.4. The number of fused-ring (bicyclic) bond motifs is 5. The number of para-hydroxylation sites is 2. The van der Waals surface area contributed by atoms with Crippen LogP contribution in [0.25, 0.3) is 38.9 Å². The molecule has 0 unspecified atom stereocenters. The highest BCUT2D eigenvalue weighted by Gasteiger charge is 2.23. The molecule has 0 saturated heterocycles. The van der Waals surface area contributed by atoms with Gasteiger partial charge in [0.1, 0.15) is 16.7 Å². The molecule has 188 valence electrons. The Bertz CT molecular complexity index is 1950. The molecular formula is C30H25N5O3. The summed E-state index contributed by atoms with van der Waals surface area (Å²) < 4.78 is 14.7. The zero-order chi connectivity index (χ0) is 26.0. The second kappa shape index (κ2) is 8.41. The van der Waals surface area contributed by atoms with Crippen LogP contribution in [0.4, 0.5) is 0 Å². The first-order chi connectivity index (χ1) is 18.5. The van der Waals surface area contributed by atoms with Gasteiger partial charge in [-0.05, 0) is 66.9 Å². The Labute approximate surface area is 218 Å². The Kier molecular flexibility index (Phi) is 4.97. The van der Waals surface area contributed by atoms with E-state index >= 15 is 0 Å². The highest BCUT2D eigenvalue weighted by atomic mass is 16.7. The van der Waals surface area contributed by atoms with E-state index in [0.717, 1.165) is 33.4 Å². The van der Waals surface area contributed by atoms with Crippen LogP contribution >= 0.6 is 0 Å². The number of hydrogen-bond acceptors (Lipinski definition) is 6. The lowest BCUT2D eigenvalue weighted by atomic mass is 10.1. The van der Waals surface area contributed by atoms with Crippen molar-refractivity contribution >= 4 is 33.2 Å². The Hall–Kier alpha value is -4.72. The van der Waals surface area contributed by atoms with E-state index in [9.17, 15) is 4.79 Å². The van der Waals surface area contributed by atoms with E-state index in [1.165, 1.54) is 0 Å². The maximum absolute atomic E-state index is 14.3. The lowest BCUT2D eigenvalue weighted by molar-refractivity contribution is 0.174. The quantitative estimate of drug-likeness (QED) is 0.327. The molecule has 0 bridgehead atoms. The summed E-state index contributed by atoms with van der Waals surface area (Å²) in [7, 11) is 0. The van der Waals surface area contributed by atoms with Crippen LogP contribution in [-0.4, -0.2) is 30.9 Å². The summed E-state index contributed by atoms with van der Waals surface area (Å²) in [5.41, 5.74) is 7.20. The summed E-state index contributed by atoms with van der Waals surface area (Å²) >= 11 is 0. The summed E-state index contributed by atoms with van der Waals surface area (Å²) in [5, 5.41) is 0.468. The molecule has 7 rings (SSSR count). The van der Waals surface area contributed by atoms with Crippen molar-refractivity contribution < 1.29 is 9.47 Å². The average Bonchev–Trinajstić information content (AvgIpc) is 3.50. The third-order valence-electron chi connectivity index (χ3n) is 7.00. The molecule has 0 radical (unpaired) electrons. The van der Waals surface area contributed by atoms with Crippen LogP contribution in [-0.2, 0) is 13.0 Å². The van der Waals surface area contributed by atoms with Gasteiger partial charge < -0.3 is 9.47 Å². The van der Waals surface area contributed by atoms with Gasteiger partial charge in [0.15, 0.2) is 22.8 Å². The third kappa shape index (κ3) is 3.44. The monoisotopic (exact) mass is 503 g/mol. The van der Waals surface area contributed by atoms with E-state index in [2.05, 4.69) is 32.0 Å². The molecule has 0 spiro atoms. The van der Waals surface area contributed by atoms with Gasteiger partial charge in [-0.2, -0.15) is 0 Å². The van der Waals surface area contributed by atoms with Gasteiger partial charge in [-0.1, -0.05) is 31.2 Å². The highest BCUT2D eigenvalue weighted by molar-refractivity contribution is 6.05. The molecule has 3 aromatic heterocycles. The first kappa shape index (κ1) is 22.5. The smallest absolute Gasteiger partial charge is 0.265 e. The van der Waals surface area contributed by atoms with Gasteiger partial charge in [0, 0.05) is 12.1 Å². The predicted octanol–water partition coefficient (Wildman–Crippen LogP) is 5.24.